The van der Waals surface area contributed by atoms with Crippen LogP contribution in [0.15, 0.2) is 48.5 Å². The molecule has 0 aliphatic rings. The normalized spacial score (nSPS) is 11.4. The Balaban J connectivity index is 2.40. The van der Waals surface area contributed by atoms with Gasteiger partial charge >= 0.3 is 6.18 Å². The number of alkyl halides is 3. The van der Waals surface area contributed by atoms with E-state index < -0.39 is 17.5 Å². The van der Waals surface area contributed by atoms with Gasteiger partial charge in [-0.25, -0.2) is 0 Å². The van der Waals surface area contributed by atoms with Crippen molar-refractivity contribution in [2.75, 3.05) is 0 Å². The van der Waals surface area contributed by atoms with E-state index in [-0.39, 0.29) is 11.1 Å². The molecular weight excluding hydrogens is 277 g/mol. The molecular formula is C14H8ClF3O. The van der Waals surface area contributed by atoms with Crippen LogP contribution in [0.25, 0.3) is 0 Å². The maximum absolute atomic E-state index is 12.6. The Labute approximate surface area is 112 Å². The molecule has 2 aromatic carbocycles. The molecule has 2 aromatic rings. The summed E-state index contributed by atoms with van der Waals surface area (Å²) in [4.78, 5) is 12.1. The minimum Gasteiger partial charge on any atom is -0.289 e. The van der Waals surface area contributed by atoms with Crippen LogP contribution in [0.1, 0.15) is 21.5 Å². The minimum absolute atomic E-state index is 0.0166. The van der Waals surface area contributed by atoms with Crippen molar-refractivity contribution in [3.05, 3.63) is 70.2 Å². The summed E-state index contributed by atoms with van der Waals surface area (Å²) >= 11 is 5.75. The standard InChI is InChI=1S/C14H8ClF3O/c15-12-6-2-4-10(8-12)13(19)9-3-1-5-11(7-9)14(16,17)18/h1-8H. The maximum atomic E-state index is 12.6. The highest BCUT2D eigenvalue weighted by atomic mass is 35.5. The number of benzene rings is 2. The number of hydrogen-bond donors (Lipinski definition) is 0. The van der Waals surface area contributed by atoms with Gasteiger partial charge in [0.2, 0.25) is 0 Å². The zero-order chi connectivity index (χ0) is 14.0. The van der Waals surface area contributed by atoms with Crippen LogP contribution >= 0.6 is 11.6 Å². The lowest BCUT2D eigenvalue weighted by molar-refractivity contribution is -0.137. The first-order valence-corrected chi connectivity index (χ1v) is 5.73. The first-order valence-electron chi connectivity index (χ1n) is 5.35. The SMILES string of the molecule is O=C(c1cccc(Cl)c1)c1cccc(C(F)(F)F)c1. The number of ketones is 1. The summed E-state index contributed by atoms with van der Waals surface area (Å²) in [7, 11) is 0. The molecule has 19 heavy (non-hydrogen) atoms. The summed E-state index contributed by atoms with van der Waals surface area (Å²) in [5.41, 5.74) is -0.607. The monoisotopic (exact) mass is 284 g/mol. The van der Waals surface area contributed by atoms with Crippen LogP contribution in [-0.4, -0.2) is 5.78 Å². The summed E-state index contributed by atoms with van der Waals surface area (Å²) in [5.74, 6) is -0.492. The zero-order valence-electron chi connectivity index (χ0n) is 9.54. The highest BCUT2D eigenvalue weighted by molar-refractivity contribution is 6.31. The molecule has 0 saturated carbocycles. The van der Waals surface area contributed by atoms with E-state index in [1.165, 1.54) is 24.3 Å². The van der Waals surface area contributed by atoms with Gasteiger partial charge in [0.25, 0.3) is 0 Å². The van der Waals surface area contributed by atoms with E-state index in [9.17, 15) is 18.0 Å². The Morgan fingerprint density at radius 2 is 1.53 bits per heavy atom. The van der Waals surface area contributed by atoms with E-state index in [0.29, 0.717) is 5.02 Å². The molecule has 0 radical (unpaired) electrons. The van der Waals surface area contributed by atoms with Gasteiger partial charge in [-0.3, -0.25) is 4.79 Å². The van der Waals surface area contributed by atoms with Crippen LogP contribution in [0.5, 0.6) is 0 Å². The van der Waals surface area contributed by atoms with Crippen molar-refractivity contribution in [2.24, 2.45) is 0 Å². The Hall–Kier alpha value is -1.81. The smallest absolute Gasteiger partial charge is 0.289 e. The average Bonchev–Trinajstić information content (AvgIpc) is 2.37. The molecule has 1 nitrogen and oxygen atoms in total. The van der Waals surface area contributed by atoms with E-state index in [2.05, 4.69) is 0 Å². The molecule has 0 heterocycles. The lowest BCUT2D eigenvalue weighted by atomic mass is 10.0. The molecule has 0 aliphatic carbocycles. The number of carbonyl (C=O) groups is 1. The van der Waals surface area contributed by atoms with Crippen molar-refractivity contribution in [2.45, 2.75) is 6.18 Å². The Bertz CT molecular complexity index is 620. The fourth-order valence-corrected chi connectivity index (χ4v) is 1.82. The van der Waals surface area contributed by atoms with Gasteiger partial charge in [-0.15, -0.1) is 0 Å². The molecule has 0 spiro atoms. The summed E-state index contributed by atoms with van der Waals surface area (Å²) < 4.78 is 37.7. The first-order chi connectivity index (χ1) is 8.88. The second-order valence-corrected chi connectivity index (χ2v) is 4.35. The average molecular weight is 285 g/mol. The fourth-order valence-electron chi connectivity index (χ4n) is 1.63. The lowest BCUT2D eigenvalue weighted by Crippen LogP contribution is -2.08. The molecule has 0 N–H and O–H groups in total. The van der Waals surface area contributed by atoms with E-state index in [0.717, 1.165) is 12.1 Å². The number of halogens is 4. The summed E-state index contributed by atoms with van der Waals surface area (Å²) in [6, 6.07) is 10.4. The van der Waals surface area contributed by atoms with Gasteiger partial charge in [-0.2, -0.15) is 13.2 Å². The molecule has 5 heteroatoms. The van der Waals surface area contributed by atoms with E-state index in [1.54, 1.807) is 12.1 Å². The second-order valence-electron chi connectivity index (χ2n) is 3.92. The summed E-state index contributed by atoms with van der Waals surface area (Å²) in [5, 5.41) is 0.359. The van der Waals surface area contributed by atoms with Crippen molar-refractivity contribution in [3.8, 4) is 0 Å². The third-order valence-electron chi connectivity index (χ3n) is 2.54. The van der Waals surface area contributed by atoms with Crippen molar-refractivity contribution >= 4 is 17.4 Å². The van der Waals surface area contributed by atoms with E-state index in [1.807, 2.05) is 0 Å². The second kappa shape index (κ2) is 5.05. The minimum atomic E-state index is -4.47. The zero-order valence-corrected chi connectivity index (χ0v) is 10.3. The summed E-state index contributed by atoms with van der Waals surface area (Å²) in [6.07, 6.45) is -4.47. The van der Waals surface area contributed by atoms with Gasteiger partial charge in [0.15, 0.2) is 5.78 Å². The van der Waals surface area contributed by atoms with Gasteiger partial charge in [0.05, 0.1) is 5.56 Å². The molecule has 0 aromatic heterocycles. The van der Waals surface area contributed by atoms with Crippen LogP contribution in [0.4, 0.5) is 13.2 Å². The molecule has 0 unspecified atom stereocenters. The van der Waals surface area contributed by atoms with Crippen LogP contribution < -0.4 is 0 Å². The quantitative estimate of drug-likeness (QED) is 0.737. The van der Waals surface area contributed by atoms with Crippen molar-refractivity contribution in [1.82, 2.24) is 0 Å². The Morgan fingerprint density at radius 1 is 0.947 bits per heavy atom. The van der Waals surface area contributed by atoms with E-state index in [4.69, 9.17) is 11.6 Å². The lowest BCUT2D eigenvalue weighted by Gasteiger charge is -2.08. The largest absolute Gasteiger partial charge is 0.416 e. The van der Waals surface area contributed by atoms with Gasteiger partial charge < -0.3 is 0 Å². The Morgan fingerprint density at radius 3 is 2.11 bits per heavy atom. The van der Waals surface area contributed by atoms with Crippen molar-refractivity contribution in [1.29, 1.82) is 0 Å². The van der Waals surface area contributed by atoms with Gasteiger partial charge in [0.1, 0.15) is 0 Å². The number of rotatable bonds is 2. The predicted octanol–water partition coefficient (Wildman–Crippen LogP) is 4.59. The van der Waals surface area contributed by atoms with Crippen LogP contribution in [0, 0.1) is 0 Å². The first kappa shape index (κ1) is 13.6. The third kappa shape index (κ3) is 3.15. The number of hydrogen-bond acceptors (Lipinski definition) is 1. The molecule has 0 fully saturated rings. The number of carbonyl (C=O) groups excluding carboxylic acids is 1. The Kier molecular flexibility index (Phi) is 3.62. The van der Waals surface area contributed by atoms with Crippen LogP contribution in [-0.2, 0) is 6.18 Å². The van der Waals surface area contributed by atoms with Crippen LogP contribution in [0.3, 0.4) is 0 Å². The van der Waals surface area contributed by atoms with Gasteiger partial charge in [-0.1, -0.05) is 35.9 Å². The molecule has 0 bridgehead atoms. The van der Waals surface area contributed by atoms with Crippen molar-refractivity contribution in [3.63, 3.8) is 0 Å². The fraction of sp³-hybridized carbons (Fsp3) is 0.0714. The van der Waals surface area contributed by atoms with Gasteiger partial charge in [0, 0.05) is 16.1 Å². The maximum Gasteiger partial charge on any atom is 0.416 e. The molecule has 98 valence electrons. The molecule has 0 saturated heterocycles. The topological polar surface area (TPSA) is 17.1 Å². The predicted molar refractivity (Wildman–Crippen MR) is 66.3 cm³/mol. The highest BCUT2D eigenvalue weighted by Gasteiger charge is 2.30. The van der Waals surface area contributed by atoms with E-state index >= 15 is 0 Å². The highest BCUT2D eigenvalue weighted by Crippen LogP contribution is 2.30. The molecule has 0 amide bonds. The molecule has 0 atom stereocenters. The molecule has 2 rings (SSSR count). The summed E-state index contributed by atoms with van der Waals surface area (Å²) in [6.45, 7) is 0. The van der Waals surface area contributed by atoms with Crippen LogP contribution in [0.2, 0.25) is 5.02 Å². The van der Waals surface area contributed by atoms with Crippen molar-refractivity contribution < 1.29 is 18.0 Å². The molecule has 0 aliphatic heterocycles. The third-order valence-corrected chi connectivity index (χ3v) is 2.77. The van der Waals surface area contributed by atoms with Gasteiger partial charge in [-0.05, 0) is 24.3 Å².